The fourth-order valence-electron chi connectivity index (χ4n) is 6.64. The molecule has 0 N–H and O–H groups in total. The van der Waals surface area contributed by atoms with Gasteiger partial charge in [-0.3, -0.25) is 14.4 Å². The Morgan fingerprint density at radius 3 is 1.73 bits per heavy atom. The standard InChI is InChI=1S/C33H22ClNO5/c34-20-14-12-18(13-15-20)26(36)17-40-33(39)19-6-5-7-21(16-19)35-31(37)29-27-22-8-1-2-9-23(22)28(30(29)32(35)38)25-11-4-3-10-24(25)27/h1-16,27-30H,17H2/t27?,28?,29-,30-/m1/s1. The van der Waals surface area contributed by atoms with E-state index >= 15 is 0 Å². The van der Waals surface area contributed by atoms with Gasteiger partial charge in [-0.1, -0.05) is 66.2 Å². The molecule has 1 aliphatic heterocycles. The number of esters is 1. The van der Waals surface area contributed by atoms with Crippen LogP contribution in [0.2, 0.25) is 5.02 Å². The van der Waals surface area contributed by atoms with Gasteiger partial charge in [-0.2, -0.15) is 0 Å². The van der Waals surface area contributed by atoms with E-state index < -0.39 is 24.4 Å². The first-order chi connectivity index (χ1) is 19.4. The van der Waals surface area contributed by atoms with Crippen LogP contribution in [0.25, 0.3) is 0 Å². The maximum Gasteiger partial charge on any atom is 0.338 e. The summed E-state index contributed by atoms with van der Waals surface area (Å²) in [6.07, 6.45) is 0. The van der Waals surface area contributed by atoms with Crippen molar-refractivity contribution in [2.24, 2.45) is 11.8 Å². The number of amides is 2. The van der Waals surface area contributed by atoms with E-state index in [0.29, 0.717) is 16.3 Å². The van der Waals surface area contributed by atoms with Crippen LogP contribution in [0.3, 0.4) is 0 Å². The normalized spacial score (nSPS) is 22.0. The van der Waals surface area contributed by atoms with Crippen LogP contribution in [-0.2, 0) is 14.3 Å². The summed E-state index contributed by atoms with van der Waals surface area (Å²) in [5, 5.41) is 0.497. The summed E-state index contributed by atoms with van der Waals surface area (Å²) in [6, 6.07) is 28.7. The summed E-state index contributed by atoms with van der Waals surface area (Å²) in [7, 11) is 0. The molecule has 1 fully saturated rings. The monoisotopic (exact) mass is 547 g/mol. The maximum absolute atomic E-state index is 14.0. The van der Waals surface area contributed by atoms with E-state index in [1.54, 1.807) is 36.4 Å². The molecule has 7 heteroatoms. The zero-order valence-electron chi connectivity index (χ0n) is 21.1. The maximum atomic E-state index is 14.0. The smallest absolute Gasteiger partial charge is 0.338 e. The van der Waals surface area contributed by atoms with E-state index in [2.05, 4.69) is 24.3 Å². The lowest BCUT2D eigenvalue weighted by atomic mass is 9.55. The van der Waals surface area contributed by atoms with Gasteiger partial charge in [0.1, 0.15) is 0 Å². The number of hydrogen-bond acceptors (Lipinski definition) is 5. The van der Waals surface area contributed by atoms with Gasteiger partial charge >= 0.3 is 5.97 Å². The zero-order valence-corrected chi connectivity index (χ0v) is 21.9. The molecule has 0 aromatic heterocycles. The summed E-state index contributed by atoms with van der Waals surface area (Å²) in [6.45, 7) is -0.448. The molecule has 2 atom stereocenters. The van der Waals surface area contributed by atoms with Crippen LogP contribution in [0.5, 0.6) is 0 Å². The predicted molar refractivity (Wildman–Crippen MR) is 149 cm³/mol. The van der Waals surface area contributed by atoms with E-state index in [4.69, 9.17) is 16.3 Å². The van der Waals surface area contributed by atoms with Crippen LogP contribution >= 0.6 is 11.6 Å². The Bertz CT molecular complexity index is 1610. The third-order valence-corrected chi connectivity index (χ3v) is 8.54. The highest BCUT2D eigenvalue weighted by Crippen LogP contribution is 2.61. The van der Waals surface area contributed by atoms with Gasteiger partial charge in [0.2, 0.25) is 11.8 Å². The molecule has 8 rings (SSSR count). The summed E-state index contributed by atoms with van der Waals surface area (Å²) in [5.41, 5.74) is 5.22. The molecular formula is C33H22ClNO5. The Kier molecular flexibility index (Phi) is 5.68. The first-order valence-corrected chi connectivity index (χ1v) is 13.4. The number of benzene rings is 4. The van der Waals surface area contributed by atoms with E-state index in [9.17, 15) is 19.2 Å². The minimum absolute atomic E-state index is 0.145. The van der Waals surface area contributed by atoms with Crippen molar-refractivity contribution < 1.29 is 23.9 Å². The van der Waals surface area contributed by atoms with Crippen LogP contribution in [0, 0.1) is 11.8 Å². The molecule has 196 valence electrons. The average Bonchev–Trinajstić information content (AvgIpc) is 3.26. The number of rotatable bonds is 5. The van der Waals surface area contributed by atoms with E-state index in [1.165, 1.54) is 17.0 Å². The number of Topliss-reactive ketones (excluding diaryl/α,β-unsaturated/α-hetero) is 1. The topological polar surface area (TPSA) is 80.8 Å². The first kappa shape index (κ1) is 24.5. The number of ether oxygens (including phenoxy) is 1. The number of imide groups is 1. The molecular weight excluding hydrogens is 526 g/mol. The van der Waals surface area contributed by atoms with Crippen LogP contribution in [-0.4, -0.2) is 30.2 Å². The van der Waals surface area contributed by atoms with Gasteiger partial charge in [0.05, 0.1) is 23.1 Å². The van der Waals surface area contributed by atoms with Crippen molar-refractivity contribution in [1.29, 1.82) is 0 Å². The van der Waals surface area contributed by atoms with Gasteiger partial charge in [0, 0.05) is 22.4 Å². The summed E-state index contributed by atoms with van der Waals surface area (Å²) >= 11 is 5.87. The van der Waals surface area contributed by atoms with Crippen molar-refractivity contribution in [2.75, 3.05) is 11.5 Å². The minimum atomic E-state index is -0.722. The predicted octanol–water partition coefficient (Wildman–Crippen LogP) is 5.78. The quantitative estimate of drug-likeness (QED) is 0.180. The highest BCUT2D eigenvalue weighted by Gasteiger charge is 2.61. The first-order valence-electron chi connectivity index (χ1n) is 13.1. The average molecular weight is 548 g/mol. The third-order valence-electron chi connectivity index (χ3n) is 8.29. The Labute approximate surface area is 235 Å². The fraction of sp³-hybridized carbons (Fsp3) is 0.152. The second kappa shape index (κ2) is 9.28. The van der Waals surface area contributed by atoms with Gasteiger partial charge in [-0.25, -0.2) is 9.69 Å². The molecule has 3 aliphatic carbocycles. The molecule has 2 amide bonds. The molecule has 4 aliphatic rings. The van der Waals surface area contributed by atoms with Crippen molar-refractivity contribution >= 4 is 40.9 Å². The molecule has 6 nitrogen and oxygen atoms in total. The van der Waals surface area contributed by atoms with E-state index in [-0.39, 0.29) is 35.0 Å². The van der Waals surface area contributed by atoms with Crippen molar-refractivity contribution in [3.63, 3.8) is 0 Å². The van der Waals surface area contributed by atoms with Crippen LogP contribution in [0.4, 0.5) is 5.69 Å². The fourth-order valence-corrected chi connectivity index (χ4v) is 6.76. The van der Waals surface area contributed by atoms with E-state index in [0.717, 1.165) is 22.3 Å². The molecule has 1 heterocycles. The number of ketones is 1. The number of halogens is 1. The minimum Gasteiger partial charge on any atom is -0.454 e. The lowest BCUT2D eigenvalue weighted by Gasteiger charge is -2.45. The Morgan fingerprint density at radius 2 is 1.20 bits per heavy atom. The molecule has 40 heavy (non-hydrogen) atoms. The highest BCUT2D eigenvalue weighted by atomic mass is 35.5. The summed E-state index contributed by atoms with van der Waals surface area (Å²) in [4.78, 5) is 54.4. The lowest BCUT2D eigenvalue weighted by Crippen LogP contribution is -2.41. The zero-order chi connectivity index (χ0) is 27.5. The second-order valence-electron chi connectivity index (χ2n) is 10.3. The van der Waals surface area contributed by atoms with Gasteiger partial charge in [0.15, 0.2) is 12.4 Å². The molecule has 0 radical (unpaired) electrons. The van der Waals surface area contributed by atoms with E-state index in [1.807, 2.05) is 24.3 Å². The Hall–Kier alpha value is -4.55. The second-order valence-corrected chi connectivity index (χ2v) is 10.8. The van der Waals surface area contributed by atoms with Crippen molar-refractivity contribution in [3.8, 4) is 0 Å². The molecule has 0 spiro atoms. The summed E-state index contributed by atoms with van der Waals surface area (Å²) in [5.74, 6) is -3.09. The third kappa shape index (κ3) is 3.63. The van der Waals surface area contributed by atoms with Gasteiger partial charge in [0.25, 0.3) is 0 Å². The molecule has 0 saturated carbocycles. The van der Waals surface area contributed by atoms with Gasteiger partial charge in [-0.05, 0) is 64.7 Å². The summed E-state index contributed by atoms with van der Waals surface area (Å²) < 4.78 is 5.26. The number of carbonyl (C=O) groups excluding carboxylic acids is 4. The van der Waals surface area contributed by atoms with Crippen LogP contribution < -0.4 is 4.90 Å². The van der Waals surface area contributed by atoms with Crippen molar-refractivity contribution in [3.05, 3.63) is 135 Å². The molecule has 1 saturated heterocycles. The lowest BCUT2D eigenvalue weighted by molar-refractivity contribution is -0.122. The molecule has 0 unspecified atom stereocenters. The molecule has 2 bridgehead atoms. The largest absolute Gasteiger partial charge is 0.454 e. The number of nitrogens with zero attached hydrogens (tertiary/aromatic N) is 1. The van der Waals surface area contributed by atoms with Gasteiger partial charge < -0.3 is 4.74 Å². The highest BCUT2D eigenvalue weighted by molar-refractivity contribution is 6.30. The van der Waals surface area contributed by atoms with Crippen LogP contribution in [0.15, 0.2) is 97.1 Å². The molecule has 4 aromatic carbocycles. The number of carbonyl (C=O) groups is 4. The Morgan fingerprint density at radius 1 is 0.675 bits per heavy atom. The van der Waals surface area contributed by atoms with Gasteiger partial charge in [-0.15, -0.1) is 0 Å². The van der Waals surface area contributed by atoms with Crippen molar-refractivity contribution in [1.82, 2.24) is 0 Å². The molecule has 4 aromatic rings. The van der Waals surface area contributed by atoms with Crippen LogP contribution in [0.1, 0.15) is 54.8 Å². The Balaban J connectivity index is 1.17. The van der Waals surface area contributed by atoms with Crippen molar-refractivity contribution in [2.45, 2.75) is 11.8 Å². The SMILES string of the molecule is O=C(COC(=O)c1cccc(N2C(=O)[C@@H]3C4c5ccccc5C(c5ccccc54)[C@H]3C2=O)c1)c1ccc(Cl)cc1. The number of hydrogen-bond donors (Lipinski definition) is 0. The number of anilines is 1.